The summed E-state index contributed by atoms with van der Waals surface area (Å²) in [7, 11) is 0. The molecule has 2 aromatic rings. The van der Waals surface area contributed by atoms with E-state index in [1.165, 1.54) is 12.1 Å². The van der Waals surface area contributed by atoms with E-state index in [1.807, 2.05) is 30.3 Å². The number of nitrogens with one attached hydrogen (secondary N) is 1. The Morgan fingerprint density at radius 3 is 2.45 bits per heavy atom. The lowest BCUT2D eigenvalue weighted by Crippen LogP contribution is -2.02. The number of hydrazone groups is 1. The van der Waals surface area contributed by atoms with Crippen LogP contribution in [-0.2, 0) is 0 Å². The molecule has 1 aliphatic carbocycles. The molecule has 0 heterocycles. The molecule has 0 spiro atoms. The molecule has 0 saturated carbocycles. The van der Waals surface area contributed by atoms with E-state index < -0.39 is 15.5 Å². The molecule has 8 nitrogen and oxygen atoms in total. The van der Waals surface area contributed by atoms with Crippen molar-refractivity contribution < 1.29 is 9.85 Å². The number of allylic oxidation sites excluding steroid dienone is 2. The molecule has 2 aromatic carbocycles. The number of benzene rings is 2. The molecule has 146 valence electrons. The van der Waals surface area contributed by atoms with Gasteiger partial charge in [0.2, 0.25) is 0 Å². The largest absolute Gasteiger partial charge is 0.301 e. The second-order valence-corrected chi connectivity index (χ2v) is 6.41. The number of nitro benzene ring substituents is 2. The van der Waals surface area contributed by atoms with Crippen LogP contribution in [0, 0.1) is 32.1 Å². The van der Waals surface area contributed by atoms with Gasteiger partial charge < -0.3 is 0 Å². The molecule has 0 bridgehead atoms. The Balaban J connectivity index is 1.81. The second kappa shape index (κ2) is 9.28. The number of nitro groups is 2. The van der Waals surface area contributed by atoms with Gasteiger partial charge in [0, 0.05) is 17.2 Å². The summed E-state index contributed by atoms with van der Waals surface area (Å²) >= 11 is 0. The van der Waals surface area contributed by atoms with Gasteiger partial charge in [-0.05, 0) is 49.5 Å². The third kappa shape index (κ3) is 5.26. The van der Waals surface area contributed by atoms with Crippen molar-refractivity contribution in [3.05, 3.63) is 85.5 Å². The minimum absolute atomic E-state index is 0.0881. The predicted octanol–water partition coefficient (Wildman–Crippen LogP) is 4.82. The third-order valence-corrected chi connectivity index (χ3v) is 4.44. The van der Waals surface area contributed by atoms with E-state index in [4.69, 9.17) is 0 Å². The molecule has 0 unspecified atom stereocenters. The lowest BCUT2D eigenvalue weighted by atomic mass is 9.92. The van der Waals surface area contributed by atoms with Gasteiger partial charge in [-0.15, -0.1) is 0 Å². The highest BCUT2D eigenvalue weighted by Gasteiger charge is 2.19. The van der Waals surface area contributed by atoms with Gasteiger partial charge >= 0.3 is 5.69 Å². The number of rotatable bonds is 5. The van der Waals surface area contributed by atoms with Crippen molar-refractivity contribution in [1.82, 2.24) is 0 Å². The molecule has 8 heteroatoms. The summed E-state index contributed by atoms with van der Waals surface area (Å²) in [6.07, 6.45) is 5.39. The number of anilines is 1. The Bertz CT molecular complexity index is 1050. The normalized spacial score (nSPS) is 13.7. The summed E-state index contributed by atoms with van der Waals surface area (Å²) in [5, 5.41) is 26.1. The smallest absolute Gasteiger partial charge is 0.272 e. The first-order valence-corrected chi connectivity index (χ1v) is 9.05. The molecule has 0 aliphatic heterocycles. The van der Waals surface area contributed by atoms with Crippen LogP contribution in [0.3, 0.4) is 0 Å². The Morgan fingerprint density at radius 2 is 1.72 bits per heavy atom. The molecule has 0 aromatic heterocycles. The van der Waals surface area contributed by atoms with Crippen LogP contribution >= 0.6 is 0 Å². The van der Waals surface area contributed by atoms with Crippen molar-refractivity contribution in [3.8, 4) is 11.8 Å². The molecule has 0 saturated heterocycles. The van der Waals surface area contributed by atoms with Gasteiger partial charge in [-0.25, -0.2) is 0 Å². The zero-order valence-corrected chi connectivity index (χ0v) is 15.5. The summed E-state index contributed by atoms with van der Waals surface area (Å²) in [4.78, 5) is 20.7. The highest BCUT2D eigenvalue weighted by Crippen LogP contribution is 2.29. The van der Waals surface area contributed by atoms with Gasteiger partial charge in [0.15, 0.2) is 0 Å². The van der Waals surface area contributed by atoms with E-state index in [0.717, 1.165) is 48.5 Å². The fourth-order valence-electron chi connectivity index (χ4n) is 2.94. The first-order chi connectivity index (χ1) is 14.0. The van der Waals surface area contributed by atoms with Crippen LogP contribution in [0.15, 0.2) is 64.8 Å². The molecule has 1 N–H and O–H groups in total. The van der Waals surface area contributed by atoms with Crippen LogP contribution in [0.5, 0.6) is 0 Å². The molecule has 0 radical (unpaired) electrons. The summed E-state index contributed by atoms with van der Waals surface area (Å²) in [6.45, 7) is 0. The highest BCUT2D eigenvalue weighted by molar-refractivity contribution is 5.82. The number of nitrogens with zero attached hydrogens (tertiary/aromatic N) is 3. The molecule has 1 aliphatic rings. The Kier molecular flexibility index (Phi) is 6.32. The summed E-state index contributed by atoms with van der Waals surface area (Å²) in [6, 6.07) is 13.1. The van der Waals surface area contributed by atoms with Crippen LogP contribution in [0.25, 0.3) is 0 Å². The molecule has 0 amide bonds. The summed E-state index contributed by atoms with van der Waals surface area (Å²) in [5.41, 5.74) is 4.88. The van der Waals surface area contributed by atoms with Gasteiger partial charge in [0.1, 0.15) is 5.69 Å². The van der Waals surface area contributed by atoms with Gasteiger partial charge in [-0.2, -0.15) is 5.10 Å². The van der Waals surface area contributed by atoms with Crippen molar-refractivity contribution in [3.63, 3.8) is 0 Å². The van der Waals surface area contributed by atoms with Crippen LogP contribution in [0.1, 0.15) is 31.2 Å². The average Bonchev–Trinajstić information content (AvgIpc) is 2.73. The fourth-order valence-corrected chi connectivity index (χ4v) is 2.94. The maximum absolute atomic E-state index is 11.2. The molecular formula is C21H18N4O4. The van der Waals surface area contributed by atoms with E-state index in [2.05, 4.69) is 22.4 Å². The van der Waals surface area contributed by atoms with Crippen molar-refractivity contribution in [2.45, 2.75) is 25.7 Å². The van der Waals surface area contributed by atoms with Crippen LogP contribution in [0.2, 0.25) is 0 Å². The molecular weight excluding hydrogens is 372 g/mol. The SMILES string of the molecule is O=[N+]([O-])c1ccc(N/N=C/C2=C(C#Cc3ccccc3)CCCC2)c([N+](=O)[O-])c1. The zero-order chi connectivity index (χ0) is 20.6. The van der Waals surface area contributed by atoms with Crippen LogP contribution in [0.4, 0.5) is 17.1 Å². The van der Waals surface area contributed by atoms with Crippen molar-refractivity contribution >= 4 is 23.3 Å². The maximum Gasteiger partial charge on any atom is 0.301 e. The lowest BCUT2D eigenvalue weighted by molar-refractivity contribution is -0.393. The van der Waals surface area contributed by atoms with E-state index in [1.54, 1.807) is 6.21 Å². The van der Waals surface area contributed by atoms with Gasteiger partial charge in [0.25, 0.3) is 5.69 Å². The maximum atomic E-state index is 11.2. The minimum Gasteiger partial charge on any atom is -0.272 e. The van der Waals surface area contributed by atoms with Gasteiger partial charge in [-0.1, -0.05) is 30.0 Å². The third-order valence-electron chi connectivity index (χ3n) is 4.44. The average molecular weight is 390 g/mol. The predicted molar refractivity (Wildman–Crippen MR) is 111 cm³/mol. The van der Waals surface area contributed by atoms with E-state index in [9.17, 15) is 20.2 Å². The number of hydrogen-bond acceptors (Lipinski definition) is 6. The summed E-state index contributed by atoms with van der Waals surface area (Å²) in [5.74, 6) is 6.36. The Morgan fingerprint density at radius 1 is 0.966 bits per heavy atom. The van der Waals surface area contributed by atoms with Gasteiger partial charge in [-0.3, -0.25) is 25.7 Å². The monoisotopic (exact) mass is 390 g/mol. The number of non-ortho nitro benzene ring substituents is 1. The molecule has 0 fully saturated rings. The standard InChI is InChI=1S/C21H18N4O4/c26-24(27)19-12-13-20(21(14-19)25(28)29)23-22-15-18-9-5-4-8-17(18)11-10-16-6-2-1-3-7-16/h1-3,6-7,12-15,23H,4-5,8-9H2/b22-15+. The van der Waals surface area contributed by atoms with Crippen molar-refractivity contribution in [2.24, 2.45) is 5.10 Å². The number of hydrogen-bond donors (Lipinski definition) is 1. The fraction of sp³-hybridized carbons (Fsp3) is 0.190. The zero-order valence-electron chi connectivity index (χ0n) is 15.5. The first kappa shape index (κ1) is 19.8. The van der Waals surface area contributed by atoms with E-state index >= 15 is 0 Å². The molecule has 29 heavy (non-hydrogen) atoms. The Labute approximate surface area is 167 Å². The minimum atomic E-state index is -0.679. The first-order valence-electron chi connectivity index (χ1n) is 9.05. The molecule has 3 rings (SSSR count). The molecule has 0 atom stereocenters. The lowest BCUT2D eigenvalue weighted by Gasteiger charge is -2.13. The van der Waals surface area contributed by atoms with Crippen molar-refractivity contribution in [2.75, 3.05) is 5.43 Å². The summed E-state index contributed by atoms with van der Waals surface area (Å²) < 4.78 is 0. The quantitative estimate of drug-likeness (QED) is 0.340. The highest BCUT2D eigenvalue weighted by atomic mass is 16.6. The van der Waals surface area contributed by atoms with E-state index in [0.29, 0.717) is 0 Å². The van der Waals surface area contributed by atoms with E-state index in [-0.39, 0.29) is 11.4 Å². The second-order valence-electron chi connectivity index (χ2n) is 6.41. The van der Waals surface area contributed by atoms with Crippen molar-refractivity contribution in [1.29, 1.82) is 0 Å². The van der Waals surface area contributed by atoms with Gasteiger partial charge in [0.05, 0.1) is 22.1 Å². The van der Waals surface area contributed by atoms with Crippen LogP contribution < -0.4 is 5.43 Å². The van der Waals surface area contributed by atoms with Crippen LogP contribution in [-0.4, -0.2) is 16.1 Å². The topological polar surface area (TPSA) is 111 Å². The Hall–Kier alpha value is -3.99.